The molecule has 0 amide bonds. The topological polar surface area (TPSA) is 0 Å². The van der Waals surface area contributed by atoms with Gasteiger partial charge in [-0.2, -0.15) is 29.3 Å². The van der Waals surface area contributed by atoms with E-state index >= 15 is 0 Å². The molecular formula is C38H52Cl2SiZr-2. The van der Waals surface area contributed by atoms with E-state index in [2.05, 4.69) is 98.7 Å². The van der Waals surface area contributed by atoms with Crippen LogP contribution in [0.1, 0.15) is 99.1 Å². The minimum atomic E-state index is 0. The van der Waals surface area contributed by atoms with E-state index in [0.29, 0.717) is 5.92 Å². The Kier molecular flexibility index (Phi) is 13.1. The Morgan fingerprint density at radius 3 is 2.14 bits per heavy atom. The van der Waals surface area contributed by atoms with Gasteiger partial charge in [-0.3, -0.25) is 0 Å². The summed E-state index contributed by atoms with van der Waals surface area (Å²) in [5, 5.41) is 0. The van der Waals surface area contributed by atoms with Crippen molar-refractivity contribution in [2.24, 2.45) is 27.6 Å². The summed E-state index contributed by atoms with van der Waals surface area (Å²) in [6.07, 6.45) is 12.2. The number of allylic oxidation sites excluding steroid dienone is 6. The van der Waals surface area contributed by atoms with Crippen LogP contribution in [0.2, 0.25) is 6.04 Å². The molecule has 0 heterocycles. The van der Waals surface area contributed by atoms with Crippen molar-refractivity contribution in [1.82, 2.24) is 0 Å². The monoisotopic (exact) mass is 696 g/mol. The Balaban J connectivity index is 0.000000403. The van der Waals surface area contributed by atoms with Gasteiger partial charge in [-0.15, -0.1) is 6.92 Å². The summed E-state index contributed by atoms with van der Waals surface area (Å²) in [5.74, 6) is 2.24. The molecular weight excluding hydrogens is 647 g/mol. The van der Waals surface area contributed by atoms with Crippen molar-refractivity contribution in [3.05, 3.63) is 101 Å². The first-order valence-electron chi connectivity index (χ1n) is 15.6. The molecule has 2 unspecified atom stereocenters. The van der Waals surface area contributed by atoms with E-state index in [1.807, 2.05) is 30.3 Å². The van der Waals surface area contributed by atoms with Gasteiger partial charge in [0, 0.05) is 0 Å². The molecule has 1 saturated carbocycles. The minimum Gasteiger partial charge on any atom is -1.00 e. The number of rotatable bonds is 3. The Bertz CT molecular complexity index is 1280. The molecule has 2 aromatic carbocycles. The van der Waals surface area contributed by atoms with E-state index in [-0.39, 0.29) is 46.5 Å². The zero-order chi connectivity index (χ0) is 29.3. The first kappa shape index (κ1) is 37.5. The summed E-state index contributed by atoms with van der Waals surface area (Å²) < 4.78 is 0. The fourth-order valence-electron chi connectivity index (χ4n) is 8.20. The molecule has 0 bridgehead atoms. The van der Waals surface area contributed by atoms with Crippen molar-refractivity contribution in [3.8, 4) is 0 Å². The standard InChI is InChI=1S/C29H37.C5H5.C4H10Si.2ClH.Zr/c1-18-25-22-17-19-13-9-10-14-20(19)24(22)21-15-11-12-16-23(21)29(25,8)28(6,7)27(4,5)26(18,2)3;1-2-4-5-3-1;1-2-3-4-5;;;/h9-11,13-15,23H,12,16-17H2,1-8H3;1-5H;5H,2-4H2,1H3;2*1H;/q2*-1;;;;+2/p-2. The van der Waals surface area contributed by atoms with Crippen LogP contribution in [0.15, 0.2) is 83.5 Å². The van der Waals surface area contributed by atoms with E-state index in [9.17, 15) is 0 Å². The Hall–Kier alpha value is -0.660. The maximum Gasteiger partial charge on any atom is -0.00969 e. The SMILES string of the molecule is CCCC[SiH]=[Zr+2].C[C-]1C2=C3Cc4ccccc4C3=C3C=CCCC3C2(C)C(C)(C)C(C)(C)C1(C)C.[Cl-].[Cl-].c1cc[cH-]c1. The Morgan fingerprint density at radius 2 is 1.60 bits per heavy atom. The third kappa shape index (κ3) is 5.98. The quantitative estimate of drug-likeness (QED) is 0.252. The fourth-order valence-corrected chi connectivity index (χ4v) is 10.3. The molecule has 4 heteroatoms. The van der Waals surface area contributed by atoms with Gasteiger partial charge in [-0.05, 0) is 40.6 Å². The molecule has 6 rings (SSSR count). The molecule has 42 heavy (non-hydrogen) atoms. The van der Waals surface area contributed by atoms with Crippen molar-refractivity contribution in [2.75, 3.05) is 0 Å². The van der Waals surface area contributed by atoms with Crippen molar-refractivity contribution in [1.29, 1.82) is 0 Å². The average Bonchev–Trinajstić information content (AvgIpc) is 3.63. The number of hydrogen-bond donors (Lipinski definition) is 0. The molecule has 0 aromatic heterocycles. The summed E-state index contributed by atoms with van der Waals surface area (Å²) >= 11 is 1.78. The number of hydrogen-bond acceptors (Lipinski definition) is 0. The maximum absolute atomic E-state index is 2.62. The van der Waals surface area contributed by atoms with Crippen LogP contribution >= 0.6 is 0 Å². The van der Waals surface area contributed by atoms with Crippen LogP contribution in [0, 0.1) is 33.5 Å². The van der Waals surface area contributed by atoms with Gasteiger partial charge in [0.05, 0.1) is 0 Å². The molecule has 0 aliphatic heterocycles. The van der Waals surface area contributed by atoms with Crippen molar-refractivity contribution >= 4 is 11.7 Å². The van der Waals surface area contributed by atoms with Crippen LogP contribution in [0.5, 0.6) is 0 Å². The van der Waals surface area contributed by atoms with E-state index < -0.39 is 0 Å². The molecule has 2 aromatic rings. The van der Waals surface area contributed by atoms with Crippen molar-refractivity contribution in [3.63, 3.8) is 0 Å². The molecule has 0 radical (unpaired) electrons. The van der Waals surface area contributed by atoms with Crippen LogP contribution in [0.25, 0.3) is 5.57 Å². The molecule has 0 spiro atoms. The number of unbranched alkanes of at least 4 members (excludes halogenated alkanes) is 1. The van der Waals surface area contributed by atoms with E-state index in [1.165, 1.54) is 42.9 Å². The van der Waals surface area contributed by atoms with Gasteiger partial charge in [-0.25, -0.2) is 18.1 Å². The molecule has 4 aliphatic rings. The molecule has 228 valence electrons. The largest absolute Gasteiger partial charge is 1.00 e. The Labute approximate surface area is 286 Å². The third-order valence-corrected chi connectivity index (χ3v) is 14.9. The van der Waals surface area contributed by atoms with Gasteiger partial charge < -0.3 is 24.8 Å². The molecule has 0 saturated heterocycles. The van der Waals surface area contributed by atoms with Crippen molar-refractivity contribution in [2.45, 2.75) is 100 Å². The van der Waals surface area contributed by atoms with Gasteiger partial charge in [-0.1, -0.05) is 113 Å². The summed E-state index contributed by atoms with van der Waals surface area (Å²) in [6, 6.07) is 20.7. The number of fused-ring (bicyclic) bond motifs is 6. The normalized spacial score (nSPS) is 25.1. The summed E-state index contributed by atoms with van der Waals surface area (Å²) in [6.45, 7) is 22.5. The second kappa shape index (κ2) is 14.6. The van der Waals surface area contributed by atoms with Gasteiger partial charge >= 0.3 is 55.3 Å². The van der Waals surface area contributed by atoms with E-state index in [0.717, 1.165) is 12.6 Å². The van der Waals surface area contributed by atoms with Gasteiger partial charge in [0.25, 0.3) is 0 Å². The first-order valence-corrected chi connectivity index (χ1v) is 21.3. The molecule has 2 atom stereocenters. The molecule has 0 N–H and O–H groups in total. The van der Waals surface area contributed by atoms with E-state index in [1.54, 1.807) is 51.5 Å². The van der Waals surface area contributed by atoms with Gasteiger partial charge in [0.15, 0.2) is 0 Å². The van der Waals surface area contributed by atoms with E-state index in [4.69, 9.17) is 0 Å². The van der Waals surface area contributed by atoms with Crippen LogP contribution < -0.4 is 24.8 Å². The average molecular weight is 699 g/mol. The third-order valence-electron chi connectivity index (χ3n) is 12.1. The van der Waals surface area contributed by atoms with Crippen LogP contribution in [0.4, 0.5) is 0 Å². The predicted octanol–water partition coefficient (Wildman–Crippen LogP) is 4.48. The zero-order valence-corrected chi connectivity index (χ0v) is 32.6. The van der Waals surface area contributed by atoms with Crippen molar-refractivity contribution < 1.29 is 48.1 Å². The maximum atomic E-state index is 2.62. The van der Waals surface area contributed by atoms with Crippen LogP contribution in [0.3, 0.4) is 0 Å². The molecule has 4 aliphatic carbocycles. The summed E-state index contributed by atoms with van der Waals surface area (Å²) in [5.41, 5.74) is 10.3. The second-order valence-electron chi connectivity index (χ2n) is 14.1. The van der Waals surface area contributed by atoms with Gasteiger partial charge in [0.1, 0.15) is 0 Å². The zero-order valence-electron chi connectivity index (χ0n) is 27.5. The van der Waals surface area contributed by atoms with Crippen LogP contribution in [-0.2, 0) is 29.8 Å². The molecule has 0 nitrogen and oxygen atoms in total. The number of halogens is 2. The van der Waals surface area contributed by atoms with Crippen LogP contribution in [-0.4, -0.2) is 6.16 Å². The first-order chi connectivity index (χ1) is 18.9. The fraction of sp³-hybridized carbons (Fsp3) is 0.526. The summed E-state index contributed by atoms with van der Waals surface area (Å²) in [7, 11) is 0. The van der Waals surface area contributed by atoms with Gasteiger partial charge in [0.2, 0.25) is 0 Å². The number of benzene rings is 1. The smallest absolute Gasteiger partial charge is 0.00969 e. The minimum absolute atomic E-state index is 0. The summed E-state index contributed by atoms with van der Waals surface area (Å²) in [4.78, 5) is 0. The Morgan fingerprint density at radius 1 is 0.952 bits per heavy atom. The molecule has 1 fully saturated rings. The second-order valence-corrected chi connectivity index (χ2v) is 18.1. The predicted molar refractivity (Wildman–Crippen MR) is 173 cm³/mol.